The first-order valence-electron chi connectivity index (χ1n) is 5.59. The predicted octanol–water partition coefficient (Wildman–Crippen LogP) is 2.35. The molecule has 0 aliphatic heterocycles. The second kappa shape index (κ2) is 5.15. The van der Waals surface area contributed by atoms with Crippen LogP contribution >= 0.6 is 11.6 Å². The van der Waals surface area contributed by atoms with Gasteiger partial charge >= 0.3 is 0 Å². The van der Waals surface area contributed by atoms with Crippen molar-refractivity contribution in [3.63, 3.8) is 0 Å². The van der Waals surface area contributed by atoms with Crippen LogP contribution in [0.2, 0.25) is 5.02 Å². The number of benzene rings is 1. The van der Waals surface area contributed by atoms with E-state index in [1.807, 2.05) is 6.07 Å². The van der Waals surface area contributed by atoms with Crippen LogP contribution in [-0.4, -0.2) is 18.6 Å². The number of nitrogens with one attached hydrogen (secondary N) is 2. The maximum Gasteiger partial charge on any atom is 0.265 e. The molecule has 20 heavy (non-hydrogen) atoms. The van der Waals surface area contributed by atoms with Crippen molar-refractivity contribution >= 4 is 27.3 Å². The fourth-order valence-electron chi connectivity index (χ4n) is 1.80. The van der Waals surface area contributed by atoms with Gasteiger partial charge in [0.2, 0.25) is 0 Å². The minimum atomic E-state index is -3.78. The number of H-pyrrole nitrogens is 1. The van der Waals surface area contributed by atoms with E-state index in [1.54, 1.807) is 13.8 Å². The van der Waals surface area contributed by atoms with Gasteiger partial charge in [0.1, 0.15) is 4.90 Å². The van der Waals surface area contributed by atoms with Gasteiger partial charge in [0.25, 0.3) is 10.0 Å². The molecule has 0 spiro atoms. The molecule has 0 fully saturated rings. The molecule has 0 radical (unpaired) electrons. The standard InChI is InChI=1S/C12H11ClN4O2S/c1-7-12(8(2)16-15-7)20(18,19)17-11-4-3-9(6-14)5-10(11)13/h3-5,17H,1-2H3,(H,15,16). The monoisotopic (exact) mass is 310 g/mol. The maximum atomic E-state index is 12.3. The van der Waals surface area contributed by atoms with Gasteiger partial charge in [-0.1, -0.05) is 11.6 Å². The van der Waals surface area contributed by atoms with E-state index in [4.69, 9.17) is 16.9 Å². The normalized spacial score (nSPS) is 11.1. The number of aryl methyl sites for hydroxylation is 2. The topological polar surface area (TPSA) is 98.6 Å². The number of nitriles is 1. The Morgan fingerprint density at radius 3 is 2.60 bits per heavy atom. The van der Waals surface area contributed by atoms with Crippen molar-refractivity contribution in [2.75, 3.05) is 4.72 Å². The molecule has 2 rings (SSSR count). The third-order valence-corrected chi connectivity index (χ3v) is 4.61. The van der Waals surface area contributed by atoms with E-state index < -0.39 is 10.0 Å². The zero-order valence-electron chi connectivity index (χ0n) is 10.7. The number of rotatable bonds is 3. The Bertz CT molecular complexity index is 786. The summed E-state index contributed by atoms with van der Waals surface area (Å²) >= 11 is 5.95. The fourth-order valence-corrected chi connectivity index (χ4v) is 3.54. The van der Waals surface area contributed by atoms with Gasteiger partial charge < -0.3 is 0 Å². The molecule has 104 valence electrons. The molecule has 2 aromatic rings. The van der Waals surface area contributed by atoms with Crippen molar-refractivity contribution in [2.45, 2.75) is 18.7 Å². The van der Waals surface area contributed by atoms with Crippen molar-refractivity contribution in [3.05, 3.63) is 40.2 Å². The Morgan fingerprint density at radius 1 is 1.40 bits per heavy atom. The summed E-state index contributed by atoms with van der Waals surface area (Å²) in [6.45, 7) is 3.22. The number of nitrogens with zero attached hydrogens (tertiary/aromatic N) is 2. The summed E-state index contributed by atoms with van der Waals surface area (Å²) < 4.78 is 27.0. The summed E-state index contributed by atoms with van der Waals surface area (Å²) in [7, 11) is -3.78. The first-order chi connectivity index (χ1) is 9.35. The molecule has 0 aliphatic rings. The lowest BCUT2D eigenvalue weighted by Crippen LogP contribution is -2.14. The molecule has 0 amide bonds. The Morgan fingerprint density at radius 2 is 2.10 bits per heavy atom. The maximum absolute atomic E-state index is 12.3. The molecular formula is C12H11ClN4O2S. The molecule has 2 N–H and O–H groups in total. The van der Waals surface area contributed by atoms with Crippen LogP contribution in [0.5, 0.6) is 0 Å². The zero-order valence-corrected chi connectivity index (χ0v) is 12.3. The minimum Gasteiger partial charge on any atom is -0.281 e. The third kappa shape index (κ3) is 2.61. The number of aromatic nitrogens is 2. The highest BCUT2D eigenvalue weighted by atomic mass is 35.5. The Balaban J connectivity index is 2.42. The molecule has 0 atom stereocenters. The number of sulfonamides is 1. The van der Waals surface area contributed by atoms with Gasteiger partial charge in [0.15, 0.2) is 0 Å². The van der Waals surface area contributed by atoms with E-state index >= 15 is 0 Å². The molecule has 0 unspecified atom stereocenters. The minimum absolute atomic E-state index is 0.0953. The summed E-state index contributed by atoms with van der Waals surface area (Å²) in [5.74, 6) is 0. The molecule has 1 aromatic carbocycles. The number of halogens is 1. The van der Waals surface area contributed by atoms with Crippen LogP contribution in [0.3, 0.4) is 0 Å². The fraction of sp³-hybridized carbons (Fsp3) is 0.167. The quantitative estimate of drug-likeness (QED) is 0.909. The van der Waals surface area contributed by atoms with Gasteiger partial charge in [-0.15, -0.1) is 0 Å². The van der Waals surface area contributed by atoms with Crippen molar-refractivity contribution in [1.29, 1.82) is 5.26 Å². The zero-order chi connectivity index (χ0) is 14.9. The van der Waals surface area contributed by atoms with Crippen molar-refractivity contribution in [2.24, 2.45) is 0 Å². The van der Waals surface area contributed by atoms with Crippen LogP contribution in [-0.2, 0) is 10.0 Å². The summed E-state index contributed by atoms with van der Waals surface area (Å²) in [5, 5.41) is 15.4. The number of hydrogen-bond acceptors (Lipinski definition) is 4. The van der Waals surface area contributed by atoms with E-state index in [0.29, 0.717) is 17.0 Å². The van der Waals surface area contributed by atoms with Crippen LogP contribution < -0.4 is 4.72 Å². The molecule has 6 nitrogen and oxygen atoms in total. The van der Waals surface area contributed by atoms with E-state index in [1.165, 1.54) is 18.2 Å². The Labute approximate surface area is 121 Å². The highest BCUT2D eigenvalue weighted by molar-refractivity contribution is 7.92. The van der Waals surface area contributed by atoms with Gasteiger partial charge in [-0.05, 0) is 32.0 Å². The van der Waals surface area contributed by atoms with Crippen molar-refractivity contribution in [3.8, 4) is 6.07 Å². The second-order valence-electron chi connectivity index (χ2n) is 4.18. The summed E-state index contributed by atoms with van der Waals surface area (Å²) in [6, 6.07) is 6.26. The predicted molar refractivity (Wildman–Crippen MR) is 75.0 cm³/mol. The Hall–Kier alpha value is -2.04. The largest absolute Gasteiger partial charge is 0.281 e. The highest BCUT2D eigenvalue weighted by Crippen LogP contribution is 2.27. The lowest BCUT2D eigenvalue weighted by molar-refractivity contribution is 0.600. The highest BCUT2D eigenvalue weighted by Gasteiger charge is 2.23. The van der Waals surface area contributed by atoms with E-state index in [0.717, 1.165) is 0 Å². The van der Waals surface area contributed by atoms with Gasteiger partial charge in [-0.2, -0.15) is 10.4 Å². The summed E-state index contributed by atoms with van der Waals surface area (Å²) in [4.78, 5) is 0.0953. The van der Waals surface area contributed by atoms with Crippen LogP contribution in [0.25, 0.3) is 0 Å². The molecule has 0 bridgehead atoms. The smallest absolute Gasteiger partial charge is 0.265 e. The Kier molecular flexibility index (Phi) is 3.70. The van der Waals surface area contributed by atoms with Crippen molar-refractivity contribution < 1.29 is 8.42 Å². The van der Waals surface area contributed by atoms with Crippen LogP contribution in [0.4, 0.5) is 5.69 Å². The summed E-state index contributed by atoms with van der Waals surface area (Å²) in [5.41, 5.74) is 1.39. The van der Waals surface area contributed by atoms with Gasteiger partial charge in [0.05, 0.1) is 33.7 Å². The van der Waals surface area contributed by atoms with E-state index in [9.17, 15) is 8.42 Å². The molecule has 0 saturated heterocycles. The lowest BCUT2D eigenvalue weighted by Gasteiger charge is -2.09. The SMILES string of the molecule is Cc1n[nH]c(C)c1S(=O)(=O)Nc1ccc(C#N)cc1Cl. The van der Waals surface area contributed by atoms with Gasteiger partial charge in [0, 0.05) is 0 Å². The average molecular weight is 311 g/mol. The first-order valence-corrected chi connectivity index (χ1v) is 7.45. The number of aromatic amines is 1. The molecular weight excluding hydrogens is 300 g/mol. The average Bonchev–Trinajstić information content (AvgIpc) is 2.72. The van der Waals surface area contributed by atoms with Crippen molar-refractivity contribution in [1.82, 2.24) is 10.2 Å². The third-order valence-electron chi connectivity index (χ3n) is 2.67. The van der Waals surface area contributed by atoms with Crippen LogP contribution in [0.1, 0.15) is 17.0 Å². The first kappa shape index (κ1) is 14.4. The lowest BCUT2D eigenvalue weighted by atomic mass is 10.2. The molecule has 0 aliphatic carbocycles. The molecule has 1 aromatic heterocycles. The summed E-state index contributed by atoms with van der Waals surface area (Å²) in [6.07, 6.45) is 0. The molecule has 0 saturated carbocycles. The number of hydrogen-bond donors (Lipinski definition) is 2. The van der Waals surface area contributed by atoms with E-state index in [2.05, 4.69) is 14.9 Å². The van der Waals surface area contributed by atoms with E-state index in [-0.39, 0.29) is 15.6 Å². The second-order valence-corrected chi connectivity index (χ2v) is 6.20. The molecule has 1 heterocycles. The van der Waals surface area contributed by atoms with Crippen LogP contribution in [0, 0.1) is 25.2 Å². The number of anilines is 1. The van der Waals surface area contributed by atoms with Gasteiger partial charge in [-0.25, -0.2) is 8.42 Å². The molecule has 8 heteroatoms. The van der Waals surface area contributed by atoms with Crippen LogP contribution in [0.15, 0.2) is 23.1 Å². The van der Waals surface area contributed by atoms with Gasteiger partial charge in [-0.3, -0.25) is 9.82 Å².